The summed E-state index contributed by atoms with van der Waals surface area (Å²) in [5.74, 6) is 1.16. The predicted octanol–water partition coefficient (Wildman–Crippen LogP) is 3.63. The topological polar surface area (TPSA) is 81.9 Å². The van der Waals surface area contributed by atoms with Crippen LogP contribution >= 0.6 is 0 Å². The Morgan fingerprint density at radius 3 is 2.90 bits per heavy atom. The Kier molecular flexibility index (Phi) is 4.50. The number of carbonyl (C=O) groups is 2. The number of ketones is 1. The molecule has 0 radical (unpaired) electrons. The molecule has 160 valence electrons. The monoisotopic (exact) mass is 420 g/mol. The van der Waals surface area contributed by atoms with E-state index in [1.807, 2.05) is 26.0 Å². The maximum absolute atomic E-state index is 13.1. The molecule has 0 N–H and O–H groups in total. The Bertz CT molecular complexity index is 1210. The number of carbonyl (C=O) groups excluding carboxylic acids is 2. The molecule has 31 heavy (non-hydrogen) atoms. The number of aromatic nitrogens is 1. The summed E-state index contributed by atoms with van der Waals surface area (Å²) >= 11 is 0. The largest absolute Gasteiger partial charge is 0.497 e. The van der Waals surface area contributed by atoms with Crippen molar-refractivity contribution in [3.05, 3.63) is 52.7 Å². The maximum atomic E-state index is 13.1. The summed E-state index contributed by atoms with van der Waals surface area (Å²) < 4.78 is 17.0. The third-order valence-corrected chi connectivity index (χ3v) is 6.26. The lowest BCUT2D eigenvalue weighted by molar-refractivity contribution is -0.130. The lowest BCUT2D eigenvalue weighted by atomic mass is 9.89. The summed E-state index contributed by atoms with van der Waals surface area (Å²) in [7, 11) is 1.57. The van der Waals surface area contributed by atoms with Crippen molar-refractivity contribution in [2.75, 3.05) is 20.2 Å². The molecule has 0 aliphatic carbocycles. The number of benzene rings is 2. The van der Waals surface area contributed by atoms with Crippen LogP contribution in [-0.2, 0) is 11.2 Å². The van der Waals surface area contributed by atoms with Crippen molar-refractivity contribution in [1.29, 1.82) is 0 Å². The van der Waals surface area contributed by atoms with Gasteiger partial charge < -0.3 is 18.9 Å². The number of hydrogen-bond acceptors (Lipinski definition) is 6. The fraction of sp³-hybridized carbons (Fsp3) is 0.375. The second-order valence-corrected chi connectivity index (χ2v) is 8.58. The van der Waals surface area contributed by atoms with Crippen molar-refractivity contribution in [3.63, 3.8) is 0 Å². The number of methoxy groups -OCH3 is 1. The van der Waals surface area contributed by atoms with Crippen molar-refractivity contribution in [3.8, 4) is 11.5 Å². The average Bonchev–Trinajstić information content (AvgIpc) is 3.32. The van der Waals surface area contributed by atoms with Gasteiger partial charge in [-0.1, -0.05) is 11.2 Å². The number of aryl methyl sites for hydroxylation is 2. The van der Waals surface area contributed by atoms with Gasteiger partial charge in [-0.25, -0.2) is 0 Å². The zero-order chi connectivity index (χ0) is 21.8. The highest BCUT2D eigenvalue weighted by Gasteiger charge is 2.47. The molecular weight excluding hydrogens is 396 g/mol. The highest BCUT2D eigenvalue weighted by Crippen LogP contribution is 2.40. The molecular formula is C24H24N2O5. The van der Waals surface area contributed by atoms with Gasteiger partial charge in [0.15, 0.2) is 11.4 Å². The third-order valence-electron chi connectivity index (χ3n) is 6.26. The molecule has 1 saturated heterocycles. The van der Waals surface area contributed by atoms with E-state index in [9.17, 15) is 9.59 Å². The molecule has 3 aromatic rings. The number of rotatable bonds is 3. The Morgan fingerprint density at radius 2 is 2.10 bits per heavy atom. The lowest BCUT2D eigenvalue weighted by Crippen LogP contribution is -2.45. The Labute approximate surface area is 179 Å². The molecule has 5 rings (SSSR count). The predicted molar refractivity (Wildman–Crippen MR) is 114 cm³/mol. The first-order valence-corrected chi connectivity index (χ1v) is 10.4. The Morgan fingerprint density at radius 1 is 1.26 bits per heavy atom. The number of hydrogen-bond donors (Lipinski definition) is 0. The number of Topliss-reactive ketones (excluding diaryl/α,β-unsaturated/α-hetero) is 1. The van der Waals surface area contributed by atoms with Gasteiger partial charge >= 0.3 is 0 Å². The smallest absolute Gasteiger partial charge is 0.228 e. The van der Waals surface area contributed by atoms with Gasteiger partial charge in [-0.05, 0) is 49.2 Å². The Balaban J connectivity index is 1.34. The van der Waals surface area contributed by atoms with Crippen LogP contribution in [0.2, 0.25) is 0 Å². The standard InChI is InChI=1S/C24H24N2O5/c1-14-8-15(2)23-17(9-14)19(25-31-23)11-22(28)26-7-6-24(13-26)12-20(27)18-10-16(29-3)4-5-21(18)30-24/h4-5,8-10H,6-7,11-13H2,1-3H3. The first kappa shape index (κ1) is 19.6. The van der Waals surface area contributed by atoms with E-state index in [4.69, 9.17) is 14.0 Å². The van der Waals surface area contributed by atoms with Crippen LogP contribution in [0.3, 0.4) is 0 Å². The van der Waals surface area contributed by atoms with Crippen molar-refractivity contribution in [2.45, 2.75) is 38.7 Å². The van der Waals surface area contributed by atoms with Gasteiger partial charge in [0.25, 0.3) is 0 Å². The molecule has 1 spiro atoms. The number of amides is 1. The molecule has 1 unspecified atom stereocenters. The molecule has 1 aromatic heterocycles. The number of likely N-dealkylation sites (tertiary alicyclic amines) is 1. The number of nitrogens with zero attached hydrogens (tertiary/aromatic N) is 2. The quantitative estimate of drug-likeness (QED) is 0.644. The fourth-order valence-corrected chi connectivity index (χ4v) is 4.71. The summed E-state index contributed by atoms with van der Waals surface area (Å²) in [6, 6.07) is 9.30. The average molecular weight is 420 g/mol. The van der Waals surface area contributed by atoms with Gasteiger partial charge in [-0.15, -0.1) is 0 Å². The van der Waals surface area contributed by atoms with E-state index in [1.165, 1.54) is 0 Å². The molecule has 0 saturated carbocycles. The van der Waals surface area contributed by atoms with Crippen LogP contribution in [0.1, 0.15) is 40.0 Å². The second-order valence-electron chi connectivity index (χ2n) is 8.58. The van der Waals surface area contributed by atoms with Crippen LogP contribution in [0.4, 0.5) is 0 Å². The number of fused-ring (bicyclic) bond motifs is 2. The molecule has 3 heterocycles. The van der Waals surface area contributed by atoms with Gasteiger partial charge in [0.05, 0.1) is 32.1 Å². The van der Waals surface area contributed by atoms with E-state index in [0.717, 1.165) is 22.1 Å². The van der Waals surface area contributed by atoms with E-state index < -0.39 is 5.60 Å². The van der Waals surface area contributed by atoms with Crippen molar-refractivity contribution >= 4 is 22.7 Å². The van der Waals surface area contributed by atoms with Gasteiger partial charge in [-0.3, -0.25) is 9.59 Å². The molecule has 7 nitrogen and oxygen atoms in total. The molecule has 1 amide bonds. The highest BCUT2D eigenvalue weighted by molar-refractivity contribution is 6.01. The van der Waals surface area contributed by atoms with E-state index >= 15 is 0 Å². The van der Waals surface area contributed by atoms with E-state index in [2.05, 4.69) is 5.16 Å². The van der Waals surface area contributed by atoms with E-state index in [-0.39, 0.29) is 24.5 Å². The summed E-state index contributed by atoms with van der Waals surface area (Å²) in [6.07, 6.45) is 1.03. The summed E-state index contributed by atoms with van der Waals surface area (Å²) in [6.45, 7) is 4.92. The maximum Gasteiger partial charge on any atom is 0.228 e. The minimum atomic E-state index is -0.673. The molecule has 0 bridgehead atoms. The van der Waals surface area contributed by atoms with Crippen molar-refractivity contribution in [2.24, 2.45) is 0 Å². The fourth-order valence-electron chi connectivity index (χ4n) is 4.71. The third kappa shape index (κ3) is 3.34. The normalized spacial score (nSPS) is 20.2. The highest BCUT2D eigenvalue weighted by atomic mass is 16.5. The first-order valence-electron chi connectivity index (χ1n) is 10.4. The summed E-state index contributed by atoms with van der Waals surface area (Å²) in [5, 5.41) is 5.03. The molecule has 2 aliphatic heterocycles. The second kappa shape index (κ2) is 7.11. The van der Waals surface area contributed by atoms with Crippen LogP contribution in [0, 0.1) is 13.8 Å². The zero-order valence-corrected chi connectivity index (χ0v) is 17.9. The molecule has 7 heteroatoms. The van der Waals surface area contributed by atoms with Crippen molar-refractivity contribution in [1.82, 2.24) is 10.1 Å². The first-order chi connectivity index (χ1) is 14.9. The van der Waals surface area contributed by atoms with Crippen LogP contribution in [0.25, 0.3) is 11.0 Å². The lowest BCUT2D eigenvalue weighted by Gasteiger charge is -2.34. The molecule has 1 fully saturated rings. The van der Waals surface area contributed by atoms with Crippen LogP contribution in [0.5, 0.6) is 11.5 Å². The van der Waals surface area contributed by atoms with Crippen molar-refractivity contribution < 1.29 is 23.6 Å². The van der Waals surface area contributed by atoms with Gasteiger partial charge in [0, 0.05) is 18.4 Å². The van der Waals surface area contributed by atoms with Gasteiger partial charge in [-0.2, -0.15) is 0 Å². The zero-order valence-electron chi connectivity index (χ0n) is 17.9. The van der Waals surface area contributed by atoms with Crippen LogP contribution in [-0.4, -0.2) is 47.5 Å². The van der Waals surface area contributed by atoms with E-state index in [0.29, 0.717) is 42.3 Å². The molecule has 2 aromatic carbocycles. The molecule has 2 aliphatic rings. The van der Waals surface area contributed by atoms with Crippen LogP contribution in [0.15, 0.2) is 34.9 Å². The van der Waals surface area contributed by atoms with Crippen LogP contribution < -0.4 is 9.47 Å². The number of ether oxygens (including phenoxy) is 2. The Hall–Kier alpha value is -3.35. The SMILES string of the molecule is COc1ccc2c(c1)C(=O)CC1(CCN(C(=O)Cc3noc4c(C)cc(C)cc34)C1)O2. The summed E-state index contributed by atoms with van der Waals surface area (Å²) in [5.41, 5.74) is 3.34. The van der Waals surface area contributed by atoms with E-state index in [1.54, 1.807) is 30.2 Å². The summed E-state index contributed by atoms with van der Waals surface area (Å²) in [4.78, 5) is 27.6. The molecule has 1 atom stereocenters. The minimum absolute atomic E-state index is 0.0166. The van der Waals surface area contributed by atoms with Gasteiger partial charge in [0.2, 0.25) is 5.91 Å². The van der Waals surface area contributed by atoms with Gasteiger partial charge in [0.1, 0.15) is 22.8 Å². The minimum Gasteiger partial charge on any atom is -0.497 e.